The van der Waals surface area contributed by atoms with Gasteiger partial charge in [0, 0.05) is 13.1 Å². The minimum atomic E-state index is -0.628. The van der Waals surface area contributed by atoms with E-state index >= 15 is 0 Å². The Morgan fingerprint density at radius 2 is 2.15 bits per heavy atom. The van der Waals surface area contributed by atoms with Gasteiger partial charge in [-0.3, -0.25) is 4.79 Å². The first-order chi connectivity index (χ1) is 9.60. The summed E-state index contributed by atoms with van der Waals surface area (Å²) in [7, 11) is 0. The Kier molecular flexibility index (Phi) is 4.94. The quantitative estimate of drug-likeness (QED) is 0.690. The average molecular weight is 280 g/mol. The number of morpholine rings is 1. The monoisotopic (exact) mass is 280 g/mol. The molecule has 1 heterocycles. The molecule has 0 aliphatic carbocycles. The molecule has 1 unspecified atom stereocenters. The van der Waals surface area contributed by atoms with Crippen LogP contribution in [0.4, 0.5) is 0 Å². The summed E-state index contributed by atoms with van der Waals surface area (Å²) in [6, 6.07) is 6.01. The van der Waals surface area contributed by atoms with Gasteiger partial charge in [-0.15, -0.1) is 0 Å². The van der Waals surface area contributed by atoms with Gasteiger partial charge < -0.3 is 25.6 Å². The lowest BCUT2D eigenvalue weighted by atomic mass is 10.0. The van der Waals surface area contributed by atoms with E-state index in [0.29, 0.717) is 26.1 Å². The molecular weight excluding hydrogens is 260 g/mol. The standard InChI is InChI=1S/C14H20N2O4/c15-13(7-10-1-3-11(18)4-2-10)14(19)16-5-6-20-12(8-16)9-17/h1-4,12-13,17-18H,5-9,15H2/t12?,13-/m0/s1. The van der Waals surface area contributed by atoms with E-state index in [1.165, 1.54) is 0 Å². The van der Waals surface area contributed by atoms with Crippen molar-refractivity contribution in [1.82, 2.24) is 4.90 Å². The number of aromatic hydroxyl groups is 1. The third-order valence-electron chi connectivity index (χ3n) is 3.36. The highest BCUT2D eigenvalue weighted by Gasteiger charge is 2.27. The number of ether oxygens (including phenoxy) is 1. The molecule has 0 saturated carbocycles. The van der Waals surface area contributed by atoms with E-state index in [1.807, 2.05) is 0 Å². The van der Waals surface area contributed by atoms with Gasteiger partial charge in [0.25, 0.3) is 0 Å². The summed E-state index contributed by atoms with van der Waals surface area (Å²) >= 11 is 0. The van der Waals surface area contributed by atoms with E-state index in [9.17, 15) is 9.90 Å². The second kappa shape index (κ2) is 6.69. The Morgan fingerprint density at radius 3 is 2.80 bits per heavy atom. The number of phenols is 1. The first-order valence-corrected chi connectivity index (χ1v) is 6.65. The molecule has 0 spiro atoms. The zero-order valence-corrected chi connectivity index (χ0v) is 11.2. The van der Waals surface area contributed by atoms with Gasteiger partial charge in [-0.1, -0.05) is 12.1 Å². The van der Waals surface area contributed by atoms with Gasteiger partial charge in [-0.2, -0.15) is 0 Å². The second-order valence-electron chi connectivity index (χ2n) is 4.94. The molecule has 1 aliphatic heterocycles. The van der Waals surface area contributed by atoms with Crippen LogP contribution < -0.4 is 5.73 Å². The molecule has 20 heavy (non-hydrogen) atoms. The summed E-state index contributed by atoms with van der Waals surface area (Å²) in [4.78, 5) is 13.9. The van der Waals surface area contributed by atoms with E-state index in [4.69, 9.17) is 15.6 Å². The maximum Gasteiger partial charge on any atom is 0.239 e. The minimum absolute atomic E-state index is 0.100. The molecule has 2 rings (SSSR count). The van der Waals surface area contributed by atoms with Crippen LogP contribution in [0.3, 0.4) is 0 Å². The van der Waals surface area contributed by atoms with Gasteiger partial charge in [-0.25, -0.2) is 0 Å². The number of carbonyl (C=O) groups is 1. The summed E-state index contributed by atoms with van der Waals surface area (Å²) in [6.07, 6.45) is 0.0915. The molecule has 0 radical (unpaired) electrons. The molecule has 1 fully saturated rings. The molecule has 6 heteroatoms. The van der Waals surface area contributed by atoms with Gasteiger partial charge >= 0.3 is 0 Å². The zero-order chi connectivity index (χ0) is 14.5. The number of hydrogen-bond donors (Lipinski definition) is 3. The molecule has 1 aromatic rings. The number of rotatable bonds is 4. The Morgan fingerprint density at radius 1 is 1.45 bits per heavy atom. The maximum atomic E-state index is 12.2. The van der Waals surface area contributed by atoms with Crippen molar-refractivity contribution in [3.63, 3.8) is 0 Å². The fourth-order valence-corrected chi connectivity index (χ4v) is 2.24. The van der Waals surface area contributed by atoms with Crippen LogP contribution >= 0.6 is 0 Å². The minimum Gasteiger partial charge on any atom is -0.508 e. The van der Waals surface area contributed by atoms with Gasteiger partial charge in [0.15, 0.2) is 0 Å². The largest absolute Gasteiger partial charge is 0.508 e. The number of phenolic OH excluding ortho intramolecular Hbond substituents is 1. The predicted molar refractivity (Wildman–Crippen MR) is 73.2 cm³/mol. The van der Waals surface area contributed by atoms with Gasteiger partial charge in [0.2, 0.25) is 5.91 Å². The summed E-state index contributed by atoms with van der Waals surface area (Å²) in [5.41, 5.74) is 6.85. The molecule has 1 aromatic carbocycles. The van der Waals surface area contributed by atoms with Crippen molar-refractivity contribution in [2.75, 3.05) is 26.3 Å². The molecule has 1 amide bonds. The Hall–Kier alpha value is -1.63. The van der Waals surface area contributed by atoms with Crippen molar-refractivity contribution < 1.29 is 19.7 Å². The number of benzene rings is 1. The zero-order valence-electron chi connectivity index (χ0n) is 11.2. The van der Waals surface area contributed by atoms with E-state index < -0.39 is 6.04 Å². The third-order valence-corrected chi connectivity index (χ3v) is 3.36. The van der Waals surface area contributed by atoms with Crippen LogP contribution in [0, 0.1) is 0 Å². The third kappa shape index (κ3) is 3.69. The van der Waals surface area contributed by atoms with Gasteiger partial charge in [0.05, 0.1) is 25.4 Å². The van der Waals surface area contributed by atoms with Crippen molar-refractivity contribution in [2.24, 2.45) is 5.73 Å². The molecular formula is C14H20N2O4. The molecule has 4 N–H and O–H groups in total. The Labute approximate surface area is 117 Å². The molecule has 1 saturated heterocycles. The van der Waals surface area contributed by atoms with Crippen molar-refractivity contribution in [1.29, 1.82) is 0 Å². The Balaban J connectivity index is 1.92. The lowest BCUT2D eigenvalue weighted by Gasteiger charge is -2.33. The Bertz CT molecular complexity index is 449. The highest BCUT2D eigenvalue weighted by atomic mass is 16.5. The molecule has 0 bridgehead atoms. The van der Waals surface area contributed by atoms with Crippen LogP contribution in [-0.2, 0) is 16.0 Å². The van der Waals surface area contributed by atoms with E-state index in [2.05, 4.69) is 0 Å². The highest BCUT2D eigenvalue weighted by Crippen LogP contribution is 2.12. The number of aliphatic hydroxyl groups is 1. The summed E-state index contributed by atoms with van der Waals surface area (Å²) in [6.45, 7) is 1.19. The van der Waals surface area contributed by atoms with Gasteiger partial charge in [-0.05, 0) is 24.1 Å². The average Bonchev–Trinajstić information content (AvgIpc) is 2.48. The summed E-state index contributed by atoms with van der Waals surface area (Å²) in [5.74, 6) is 0.0486. The molecule has 2 atom stereocenters. The first-order valence-electron chi connectivity index (χ1n) is 6.65. The van der Waals surface area contributed by atoms with E-state index in [0.717, 1.165) is 5.56 Å². The van der Waals surface area contributed by atoms with Crippen molar-refractivity contribution in [3.05, 3.63) is 29.8 Å². The maximum absolute atomic E-state index is 12.2. The molecule has 6 nitrogen and oxygen atoms in total. The SMILES string of the molecule is N[C@@H](Cc1ccc(O)cc1)C(=O)N1CCOC(CO)C1. The lowest BCUT2D eigenvalue weighted by Crippen LogP contribution is -2.52. The van der Waals surface area contributed by atoms with E-state index in [1.54, 1.807) is 29.2 Å². The first kappa shape index (κ1) is 14.8. The number of hydrogen-bond acceptors (Lipinski definition) is 5. The molecule has 1 aliphatic rings. The number of nitrogens with two attached hydrogens (primary N) is 1. The fourth-order valence-electron chi connectivity index (χ4n) is 2.24. The van der Waals surface area contributed by atoms with Crippen LogP contribution in [0.1, 0.15) is 5.56 Å². The lowest BCUT2D eigenvalue weighted by molar-refractivity contribution is -0.141. The van der Waals surface area contributed by atoms with Crippen molar-refractivity contribution in [3.8, 4) is 5.75 Å². The number of amides is 1. The summed E-state index contributed by atoms with van der Waals surface area (Å²) < 4.78 is 5.31. The van der Waals surface area contributed by atoms with Crippen LogP contribution in [-0.4, -0.2) is 59.5 Å². The van der Waals surface area contributed by atoms with E-state index in [-0.39, 0.29) is 24.4 Å². The smallest absolute Gasteiger partial charge is 0.239 e. The molecule has 110 valence electrons. The second-order valence-corrected chi connectivity index (χ2v) is 4.94. The molecule has 0 aromatic heterocycles. The predicted octanol–water partition coefficient (Wildman–Crippen LogP) is -0.518. The highest BCUT2D eigenvalue weighted by molar-refractivity contribution is 5.82. The summed E-state index contributed by atoms with van der Waals surface area (Å²) in [5, 5.41) is 18.3. The van der Waals surface area contributed by atoms with Crippen LogP contribution in [0.15, 0.2) is 24.3 Å². The van der Waals surface area contributed by atoms with Crippen LogP contribution in [0.2, 0.25) is 0 Å². The normalized spacial score (nSPS) is 20.7. The van der Waals surface area contributed by atoms with Crippen LogP contribution in [0.25, 0.3) is 0 Å². The number of aliphatic hydroxyl groups excluding tert-OH is 1. The topological polar surface area (TPSA) is 96.0 Å². The number of carbonyl (C=O) groups excluding carboxylic acids is 1. The van der Waals surface area contributed by atoms with Gasteiger partial charge in [0.1, 0.15) is 5.75 Å². The van der Waals surface area contributed by atoms with Crippen LogP contribution in [0.5, 0.6) is 5.75 Å². The van der Waals surface area contributed by atoms with Crippen molar-refractivity contribution in [2.45, 2.75) is 18.6 Å². The number of nitrogens with zero attached hydrogens (tertiary/aromatic N) is 1. The fraction of sp³-hybridized carbons (Fsp3) is 0.500. The van der Waals surface area contributed by atoms with Crippen molar-refractivity contribution >= 4 is 5.91 Å².